The van der Waals surface area contributed by atoms with Gasteiger partial charge in [0.1, 0.15) is 5.76 Å². The van der Waals surface area contributed by atoms with Gasteiger partial charge in [0, 0.05) is 26.2 Å². The molecular weight excluding hydrogens is 280 g/mol. The van der Waals surface area contributed by atoms with Crippen LogP contribution in [-0.4, -0.2) is 39.0 Å². The van der Waals surface area contributed by atoms with Gasteiger partial charge in [0.25, 0.3) is 0 Å². The Morgan fingerprint density at radius 3 is 2.73 bits per heavy atom. The second kappa shape index (κ2) is 5.87. The topological polar surface area (TPSA) is 72.1 Å². The molecule has 1 amide bonds. The Hall–Kier alpha value is -2.24. The average molecular weight is 300 g/mol. The molecule has 0 spiro atoms. The summed E-state index contributed by atoms with van der Waals surface area (Å²) in [5.74, 6) is 1.39. The highest BCUT2D eigenvalue weighted by Crippen LogP contribution is 2.25. The summed E-state index contributed by atoms with van der Waals surface area (Å²) >= 11 is 0. The maximum atomic E-state index is 11.4. The lowest BCUT2D eigenvalue weighted by Crippen LogP contribution is -2.26. The van der Waals surface area contributed by atoms with Crippen LogP contribution in [0.1, 0.15) is 30.5 Å². The van der Waals surface area contributed by atoms with Gasteiger partial charge in [-0.1, -0.05) is 5.16 Å². The summed E-state index contributed by atoms with van der Waals surface area (Å²) in [5.41, 5.74) is 3.50. The molecular formula is C16H20N4O2. The lowest BCUT2D eigenvalue weighted by atomic mass is 10.0. The van der Waals surface area contributed by atoms with Crippen molar-refractivity contribution in [1.82, 2.24) is 20.0 Å². The predicted molar refractivity (Wildman–Crippen MR) is 81.1 cm³/mol. The van der Waals surface area contributed by atoms with Crippen LogP contribution in [0.4, 0.5) is 0 Å². The largest absolute Gasteiger partial charge is 0.361 e. The van der Waals surface area contributed by atoms with E-state index in [1.165, 1.54) is 0 Å². The van der Waals surface area contributed by atoms with Gasteiger partial charge < -0.3 is 9.42 Å². The van der Waals surface area contributed by atoms with Gasteiger partial charge >= 0.3 is 0 Å². The highest BCUT2D eigenvalue weighted by atomic mass is 16.5. The number of rotatable bonds is 3. The summed E-state index contributed by atoms with van der Waals surface area (Å²) in [7, 11) is 0. The fourth-order valence-electron chi connectivity index (χ4n) is 3.02. The van der Waals surface area contributed by atoms with Crippen LogP contribution in [0.2, 0.25) is 0 Å². The van der Waals surface area contributed by atoms with E-state index in [0.717, 1.165) is 54.3 Å². The van der Waals surface area contributed by atoms with Crippen LogP contribution in [0.25, 0.3) is 11.3 Å². The predicted octanol–water partition coefficient (Wildman–Crippen LogP) is 2.16. The van der Waals surface area contributed by atoms with Crippen molar-refractivity contribution in [2.75, 3.05) is 13.1 Å². The molecule has 116 valence electrons. The third-order valence-electron chi connectivity index (χ3n) is 4.22. The zero-order valence-corrected chi connectivity index (χ0v) is 13.2. The first-order valence-electron chi connectivity index (χ1n) is 7.54. The number of aryl methyl sites for hydroxylation is 2. The van der Waals surface area contributed by atoms with Crippen molar-refractivity contribution >= 4 is 5.91 Å². The molecule has 6 nitrogen and oxygen atoms in total. The molecule has 3 rings (SSSR count). The van der Waals surface area contributed by atoms with Crippen molar-refractivity contribution in [3.8, 4) is 11.3 Å². The van der Waals surface area contributed by atoms with Crippen molar-refractivity contribution < 1.29 is 9.32 Å². The van der Waals surface area contributed by atoms with E-state index in [0.29, 0.717) is 5.92 Å². The molecule has 0 aliphatic carbocycles. The molecule has 2 aromatic heterocycles. The molecule has 0 bridgehead atoms. The standard InChI is InChI=1S/C16H20N4O2/c1-10-16(11(2)22-19-10)15-8-17-14(7-18-15)6-13-4-5-20(9-13)12(3)21/h7-8,13H,4-6,9H2,1-3H3/t13-/m0/s1. The third kappa shape index (κ3) is 2.86. The Balaban J connectivity index is 1.69. The number of carbonyl (C=O) groups is 1. The van der Waals surface area contributed by atoms with Crippen LogP contribution in [0.15, 0.2) is 16.9 Å². The Bertz CT molecular complexity index is 658. The van der Waals surface area contributed by atoms with Crippen molar-refractivity contribution in [3.63, 3.8) is 0 Å². The van der Waals surface area contributed by atoms with E-state index in [9.17, 15) is 4.79 Å². The van der Waals surface area contributed by atoms with Crippen LogP contribution in [0.3, 0.4) is 0 Å². The fourth-order valence-corrected chi connectivity index (χ4v) is 3.02. The van der Waals surface area contributed by atoms with Gasteiger partial charge in [-0.25, -0.2) is 0 Å². The number of hydrogen-bond donors (Lipinski definition) is 0. The SMILES string of the molecule is CC(=O)N1CC[C@@H](Cc2cnc(-c3c(C)noc3C)cn2)C1. The molecule has 1 aliphatic rings. The molecule has 0 radical (unpaired) electrons. The molecule has 1 saturated heterocycles. The normalized spacial score (nSPS) is 18.0. The van der Waals surface area contributed by atoms with Gasteiger partial charge in [0.05, 0.1) is 28.8 Å². The zero-order chi connectivity index (χ0) is 15.7. The van der Waals surface area contributed by atoms with Gasteiger partial charge in [0.2, 0.25) is 5.91 Å². The highest BCUT2D eigenvalue weighted by Gasteiger charge is 2.24. The fraction of sp³-hybridized carbons (Fsp3) is 0.500. The molecule has 0 unspecified atom stereocenters. The summed E-state index contributed by atoms with van der Waals surface area (Å²) in [6.07, 6.45) is 5.49. The lowest BCUT2D eigenvalue weighted by molar-refractivity contribution is -0.127. The first-order chi connectivity index (χ1) is 10.5. The van der Waals surface area contributed by atoms with E-state index in [-0.39, 0.29) is 5.91 Å². The monoisotopic (exact) mass is 300 g/mol. The summed E-state index contributed by atoms with van der Waals surface area (Å²) < 4.78 is 5.17. The maximum Gasteiger partial charge on any atom is 0.219 e. The van der Waals surface area contributed by atoms with E-state index in [2.05, 4.69) is 15.1 Å². The molecule has 6 heteroatoms. The van der Waals surface area contributed by atoms with E-state index in [1.54, 1.807) is 13.1 Å². The van der Waals surface area contributed by atoms with E-state index >= 15 is 0 Å². The van der Waals surface area contributed by atoms with Crippen LogP contribution in [0.5, 0.6) is 0 Å². The van der Waals surface area contributed by atoms with Gasteiger partial charge in [0.15, 0.2) is 0 Å². The molecule has 1 aliphatic heterocycles. The van der Waals surface area contributed by atoms with Crippen molar-refractivity contribution in [2.24, 2.45) is 5.92 Å². The van der Waals surface area contributed by atoms with E-state index in [1.807, 2.05) is 24.9 Å². The Labute approximate surface area is 129 Å². The Kier molecular flexibility index (Phi) is 3.92. The number of amides is 1. The number of hydrogen-bond acceptors (Lipinski definition) is 5. The van der Waals surface area contributed by atoms with Crippen LogP contribution < -0.4 is 0 Å². The minimum absolute atomic E-state index is 0.155. The van der Waals surface area contributed by atoms with E-state index < -0.39 is 0 Å². The van der Waals surface area contributed by atoms with Gasteiger partial charge in [-0.15, -0.1) is 0 Å². The number of nitrogens with zero attached hydrogens (tertiary/aromatic N) is 4. The zero-order valence-electron chi connectivity index (χ0n) is 13.2. The van der Waals surface area contributed by atoms with Crippen molar-refractivity contribution in [2.45, 2.75) is 33.6 Å². The van der Waals surface area contributed by atoms with Crippen LogP contribution in [0, 0.1) is 19.8 Å². The summed E-state index contributed by atoms with van der Waals surface area (Å²) in [5, 5.41) is 3.94. The summed E-state index contributed by atoms with van der Waals surface area (Å²) in [6.45, 7) is 7.07. The first kappa shape index (κ1) is 14.7. The first-order valence-corrected chi connectivity index (χ1v) is 7.54. The second-order valence-corrected chi connectivity index (χ2v) is 5.92. The summed E-state index contributed by atoms with van der Waals surface area (Å²) in [6, 6.07) is 0. The smallest absolute Gasteiger partial charge is 0.219 e. The number of carbonyl (C=O) groups excluding carboxylic acids is 1. The molecule has 2 aromatic rings. The molecule has 1 atom stereocenters. The molecule has 0 aromatic carbocycles. The number of likely N-dealkylation sites (tertiary alicyclic amines) is 1. The van der Waals surface area contributed by atoms with Gasteiger partial charge in [-0.05, 0) is 32.6 Å². The minimum atomic E-state index is 0.155. The maximum absolute atomic E-state index is 11.4. The second-order valence-electron chi connectivity index (χ2n) is 5.92. The van der Waals surface area contributed by atoms with Crippen LogP contribution >= 0.6 is 0 Å². The highest BCUT2D eigenvalue weighted by molar-refractivity contribution is 5.73. The number of aromatic nitrogens is 3. The minimum Gasteiger partial charge on any atom is -0.361 e. The Morgan fingerprint density at radius 2 is 2.18 bits per heavy atom. The Morgan fingerprint density at radius 1 is 1.36 bits per heavy atom. The summed E-state index contributed by atoms with van der Waals surface area (Å²) in [4.78, 5) is 22.3. The van der Waals surface area contributed by atoms with E-state index in [4.69, 9.17) is 4.52 Å². The average Bonchev–Trinajstić information content (AvgIpc) is 3.08. The van der Waals surface area contributed by atoms with Crippen molar-refractivity contribution in [1.29, 1.82) is 0 Å². The van der Waals surface area contributed by atoms with Gasteiger partial charge in [-0.2, -0.15) is 0 Å². The molecule has 3 heterocycles. The van der Waals surface area contributed by atoms with Crippen molar-refractivity contribution in [3.05, 3.63) is 29.5 Å². The molecule has 22 heavy (non-hydrogen) atoms. The van der Waals surface area contributed by atoms with Gasteiger partial charge in [-0.3, -0.25) is 14.8 Å². The lowest BCUT2D eigenvalue weighted by Gasteiger charge is -2.13. The quantitative estimate of drug-likeness (QED) is 0.868. The molecule has 1 fully saturated rings. The molecule has 0 N–H and O–H groups in total. The van der Waals surface area contributed by atoms with Crippen LogP contribution in [-0.2, 0) is 11.2 Å². The molecule has 0 saturated carbocycles. The third-order valence-corrected chi connectivity index (χ3v) is 4.22.